The minimum Gasteiger partial charge on any atom is -0.347 e. The summed E-state index contributed by atoms with van der Waals surface area (Å²) in [6.45, 7) is 4.56. The van der Waals surface area contributed by atoms with E-state index in [9.17, 15) is 24.0 Å². The van der Waals surface area contributed by atoms with Crippen molar-refractivity contribution in [3.8, 4) is 0 Å². The van der Waals surface area contributed by atoms with Crippen molar-refractivity contribution in [2.75, 3.05) is 6.54 Å². The number of fused-ring (bicyclic) bond motifs is 1. The van der Waals surface area contributed by atoms with Gasteiger partial charge in [0.25, 0.3) is 11.8 Å². The molecule has 2 aromatic rings. The quantitative estimate of drug-likeness (QED) is 0.201. The van der Waals surface area contributed by atoms with Crippen molar-refractivity contribution in [3.05, 3.63) is 57.8 Å². The highest BCUT2D eigenvalue weighted by molar-refractivity contribution is 7.12. The van der Waals surface area contributed by atoms with Crippen LogP contribution in [0.5, 0.6) is 0 Å². The Bertz CT molecular complexity index is 1790. The zero-order valence-electron chi connectivity index (χ0n) is 32.1. The number of hydrogen-bond acceptors (Lipinski definition) is 7. The van der Waals surface area contributed by atoms with Crippen molar-refractivity contribution in [2.45, 2.75) is 139 Å². The summed E-state index contributed by atoms with van der Waals surface area (Å²) in [5, 5.41) is 10.7. The number of nitrogens with zero attached hydrogens (tertiary/aromatic N) is 2. The summed E-state index contributed by atoms with van der Waals surface area (Å²) in [6, 6.07) is 8.42. The average Bonchev–Trinajstić information content (AvgIpc) is 3.53. The van der Waals surface area contributed by atoms with Crippen molar-refractivity contribution in [1.29, 1.82) is 0 Å². The Morgan fingerprint density at radius 1 is 0.873 bits per heavy atom. The summed E-state index contributed by atoms with van der Waals surface area (Å²) in [5.41, 5.74) is 1.62. The molecule has 1 aromatic heterocycles. The Balaban J connectivity index is 1.10. The maximum Gasteiger partial charge on any atom is 0.289 e. The van der Waals surface area contributed by atoms with Gasteiger partial charge in [-0.3, -0.25) is 28.8 Å². The first-order valence-electron chi connectivity index (χ1n) is 20.7. The van der Waals surface area contributed by atoms with Gasteiger partial charge in [-0.05, 0) is 97.6 Å². The van der Waals surface area contributed by atoms with Gasteiger partial charge in [0.15, 0.2) is 0 Å². The van der Waals surface area contributed by atoms with Crippen LogP contribution < -0.4 is 16.0 Å². The van der Waals surface area contributed by atoms with E-state index in [1.165, 1.54) is 11.3 Å². The fraction of sp³-hybridized carbons (Fsp3) is 0.628. The van der Waals surface area contributed by atoms with Crippen molar-refractivity contribution >= 4 is 46.7 Å². The van der Waals surface area contributed by atoms with Gasteiger partial charge in [-0.1, -0.05) is 82.7 Å². The third-order valence-electron chi connectivity index (χ3n) is 13.7. The van der Waals surface area contributed by atoms with Gasteiger partial charge in [0, 0.05) is 12.6 Å². The van der Waals surface area contributed by atoms with E-state index < -0.39 is 47.3 Å². The Morgan fingerprint density at radius 2 is 1.58 bits per heavy atom. The normalized spacial score (nSPS) is 25.9. The van der Waals surface area contributed by atoms with Gasteiger partial charge in [-0.25, -0.2) is 0 Å². The molecular formula is C43H55N5O6S. The predicted molar refractivity (Wildman–Crippen MR) is 208 cm³/mol. The molecule has 5 fully saturated rings. The molecular weight excluding hydrogens is 715 g/mol. The fourth-order valence-electron chi connectivity index (χ4n) is 10.1. The SMILES string of the molecule is CC(C)[C@@H]1C[C@@H](C(=O)NC(CC2CCC2)C(=O)C(=O)NC2CC2)N(C(=O)[C@H](C2Cc3ccccc3C2)N2C(=O)[C@@H](NC(=O)c3cccs3)C23CCCCC3)C1. The summed E-state index contributed by atoms with van der Waals surface area (Å²) in [5.74, 6) is -2.16. The Hall–Kier alpha value is -4.06. The van der Waals surface area contributed by atoms with Crippen molar-refractivity contribution in [3.63, 3.8) is 0 Å². The summed E-state index contributed by atoms with van der Waals surface area (Å²) in [7, 11) is 0. The van der Waals surface area contributed by atoms with Crippen LogP contribution in [0.1, 0.15) is 112 Å². The molecule has 294 valence electrons. The molecule has 5 amide bonds. The number of likely N-dealkylation sites (tertiary alicyclic amines) is 2. The van der Waals surface area contributed by atoms with Crippen LogP contribution in [0, 0.1) is 23.7 Å². The van der Waals surface area contributed by atoms with E-state index in [2.05, 4.69) is 41.9 Å². The van der Waals surface area contributed by atoms with Crippen LogP contribution in [0.4, 0.5) is 0 Å². The highest BCUT2D eigenvalue weighted by Gasteiger charge is 2.65. The molecule has 2 aliphatic heterocycles. The molecule has 6 aliphatic rings. The maximum absolute atomic E-state index is 15.5. The molecule has 3 N–H and O–H groups in total. The Labute approximate surface area is 327 Å². The summed E-state index contributed by atoms with van der Waals surface area (Å²) in [6.07, 6.45) is 10.9. The number of thiophene rings is 1. The lowest BCUT2D eigenvalue weighted by Crippen LogP contribution is -2.83. The number of nitrogens with one attached hydrogen (secondary N) is 3. The van der Waals surface area contributed by atoms with E-state index >= 15 is 4.79 Å². The second-order valence-electron chi connectivity index (χ2n) is 17.6. The van der Waals surface area contributed by atoms with Crippen LogP contribution in [0.25, 0.3) is 0 Å². The van der Waals surface area contributed by atoms with Crippen LogP contribution >= 0.6 is 11.3 Å². The molecule has 0 bridgehead atoms. The number of rotatable bonds is 13. The highest BCUT2D eigenvalue weighted by Crippen LogP contribution is 2.49. The lowest BCUT2D eigenvalue weighted by molar-refractivity contribution is -0.183. The smallest absolute Gasteiger partial charge is 0.289 e. The molecule has 0 radical (unpaired) electrons. The molecule has 12 heteroatoms. The first-order chi connectivity index (χ1) is 26.5. The van der Waals surface area contributed by atoms with E-state index in [0.29, 0.717) is 49.9 Å². The number of β-lactam (4-membered cyclic amide) rings is 1. The van der Waals surface area contributed by atoms with E-state index in [1.54, 1.807) is 11.0 Å². The molecule has 11 nitrogen and oxygen atoms in total. The Kier molecular flexibility index (Phi) is 10.6. The minimum atomic E-state index is -0.957. The van der Waals surface area contributed by atoms with Crippen LogP contribution in [0.3, 0.4) is 0 Å². The van der Waals surface area contributed by atoms with Gasteiger partial charge in [0.2, 0.25) is 23.5 Å². The molecule has 4 aliphatic carbocycles. The minimum absolute atomic E-state index is 0.0187. The maximum atomic E-state index is 15.5. The van der Waals surface area contributed by atoms with Gasteiger partial charge in [-0.15, -0.1) is 11.3 Å². The number of benzene rings is 1. The van der Waals surface area contributed by atoms with E-state index in [1.807, 2.05) is 28.5 Å². The lowest BCUT2D eigenvalue weighted by Gasteiger charge is -2.62. The molecule has 1 spiro atoms. The summed E-state index contributed by atoms with van der Waals surface area (Å²) >= 11 is 1.33. The first kappa shape index (κ1) is 37.8. The van der Waals surface area contributed by atoms with Gasteiger partial charge in [0.1, 0.15) is 18.1 Å². The van der Waals surface area contributed by atoms with Crippen molar-refractivity contribution in [1.82, 2.24) is 25.8 Å². The van der Waals surface area contributed by atoms with Crippen LogP contribution in [-0.4, -0.2) is 87.4 Å². The van der Waals surface area contributed by atoms with Crippen LogP contribution in [0.15, 0.2) is 41.8 Å². The number of Topliss-reactive ketones (excluding diaryl/α,β-unsaturated/α-hetero) is 1. The van der Waals surface area contributed by atoms with Crippen LogP contribution in [-0.2, 0) is 36.8 Å². The van der Waals surface area contributed by atoms with Gasteiger partial charge >= 0.3 is 0 Å². The van der Waals surface area contributed by atoms with Crippen molar-refractivity contribution < 1.29 is 28.8 Å². The number of carbonyl (C=O) groups excluding carboxylic acids is 6. The molecule has 1 unspecified atom stereocenters. The average molecular weight is 770 g/mol. The van der Waals surface area contributed by atoms with Gasteiger partial charge < -0.3 is 25.8 Å². The second-order valence-corrected chi connectivity index (χ2v) is 18.5. The van der Waals surface area contributed by atoms with Gasteiger partial charge in [-0.2, -0.15) is 0 Å². The first-order valence-corrected chi connectivity index (χ1v) is 21.6. The number of amides is 5. The van der Waals surface area contributed by atoms with E-state index in [4.69, 9.17) is 0 Å². The third-order valence-corrected chi connectivity index (χ3v) is 14.6. The largest absolute Gasteiger partial charge is 0.347 e. The molecule has 1 aromatic carbocycles. The van der Waals surface area contributed by atoms with Crippen molar-refractivity contribution in [2.24, 2.45) is 23.7 Å². The van der Waals surface area contributed by atoms with E-state index in [0.717, 1.165) is 62.5 Å². The molecule has 3 heterocycles. The molecule has 8 rings (SSSR count). The number of ketones is 1. The molecule has 5 atom stereocenters. The predicted octanol–water partition coefficient (Wildman–Crippen LogP) is 4.57. The highest BCUT2D eigenvalue weighted by atomic mass is 32.1. The molecule has 55 heavy (non-hydrogen) atoms. The zero-order valence-corrected chi connectivity index (χ0v) is 32.9. The summed E-state index contributed by atoms with van der Waals surface area (Å²) < 4.78 is 0. The van der Waals surface area contributed by atoms with Gasteiger partial charge in [0.05, 0.1) is 16.5 Å². The lowest BCUT2D eigenvalue weighted by atomic mass is 9.66. The number of hydrogen-bond donors (Lipinski definition) is 3. The van der Waals surface area contributed by atoms with Crippen LogP contribution in [0.2, 0.25) is 0 Å². The topological polar surface area (TPSA) is 145 Å². The third kappa shape index (κ3) is 7.35. The Morgan fingerprint density at radius 3 is 2.18 bits per heavy atom. The fourth-order valence-corrected chi connectivity index (χ4v) is 10.8. The standard InChI is InChI=1S/C43H55N5O6S/c1-25(2)30-23-33(38(50)45-32(20-26-10-8-11-26)36(49)40(52)44-31-15-16-31)47(24-30)41(53)35(29-21-27-12-4-5-13-28(27)22-29)48-42(54)37(43(48)17-6-3-7-18-43)46-39(51)34-14-9-19-55-34/h4-5,9,12-14,19,25-26,29-33,35,37H,3,6-8,10-11,15-18,20-24H2,1-2H3,(H,44,52)(H,45,50)(H,46,51)/t30-,32?,33+,35+,37-/m1/s1. The monoisotopic (exact) mass is 769 g/mol. The molecule has 3 saturated carbocycles. The van der Waals surface area contributed by atoms with E-state index in [-0.39, 0.29) is 47.4 Å². The summed E-state index contributed by atoms with van der Waals surface area (Å²) in [4.78, 5) is 88.6. The zero-order chi connectivity index (χ0) is 38.4. The molecule has 2 saturated heterocycles. The second kappa shape index (κ2) is 15.5. The number of carbonyl (C=O) groups is 6.